The van der Waals surface area contributed by atoms with Crippen LogP contribution in [0.4, 0.5) is 4.39 Å². The maximum absolute atomic E-state index is 14.0. The second kappa shape index (κ2) is 11.3. The molecule has 2 aromatic rings. The van der Waals surface area contributed by atoms with Gasteiger partial charge in [0.1, 0.15) is 5.82 Å². The number of amides is 2. The average molecular weight is 472 g/mol. The molecule has 1 saturated heterocycles. The molecule has 4 rings (SSSR count). The predicted molar refractivity (Wildman–Crippen MR) is 130 cm³/mol. The molecule has 3 heterocycles. The van der Waals surface area contributed by atoms with Crippen LogP contribution in [-0.4, -0.2) is 65.8 Å². The molecule has 2 amide bonds. The van der Waals surface area contributed by atoms with Crippen molar-refractivity contribution in [1.82, 2.24) is 14.7 Å². The van der Waals surface area contributed by atoms with Gasteiger partial charge in [-0.3, -0.25) is 14.5 Å². The molecule has 178 valence electrons. The van der Waals surface area contributed by atoms with E-state index in [1.54, 1.807) is 23.5 Å². The Morgan fingerprint density at radius 1 is 1.00 bits per heavy atom. The predicted octanol–water partition coefficient (Wildman–Crippen LogP) is 4.48. The van der Waals surface area contributed by atoms with Crippen LogP contribution < -0.4 is 0 Å². The lowest BCUT2D eigenvalue weighted by molar-refractivity contribution is -0.139. The van der Waals surface area contributed by atoms with Crippen LogP contribution in [0.2, 0.25) is 0 Å². The number of halogens is 1. The van der Waals surface area contributed by atoms with Crippen molar-refractivity contribution in [2.75, 3.05) is 39.3 Å². The molecule has 0 radical (unpaired) electrons. The molecule has 2 aliphatic rings. The largest absolute Gasteiger partial charge is 0.339 e. The molecule has 1 fully saturated rings. The average Bonchev–Trinajstić information content (AvgIpc) is 3.31. The Morgan fingerprint density at radius 2 is 1.73 bits per heavy atom. The summed E-state index contributed by atoms with van der Waals surface area (Å²) in [4.78, 5) is 32.8. The monoisotopic (exact) mass is 471 g/mol. The highest BCUT2D eigenvalue weighted by Crippen LogP contribution is 2.37. The molecule has 7 heteroatoms. The summed E-state index contributed by atoms with van der Waals surface area (Å²) in [6, 6.07) is 8.96. The van der Waals surface area contributed by atoms with Crippen LogP contribution in [0, 0.1) is 5.82 Å². The Morgan fingerprint density at radius 3 is 2.42 bits per heavy atom. The topological polar surface area (TPSA) is 43.9 Å². The third kappa shape index (κ3) is 5.82. The van der Waals surface area contributed by atoms with Crippen molar-refractivity contribution in [3.63, 3.8) is 0 Å². The number of carbonyl (C=O) groups excluding carboxylic acids is 2. The lowest BCUT2D eigenvalue weighted by atomic mass is 9.93. The van der Waals surface area contributed by atoms with Gasteiger partial charge in [-0.2, -0.15) is 0 Å². The fourth-order valence-electron chi connectivity index (χ4n) is 4.96. The SMILES string of the molecule is CCCCCC(=O)N1CCN(C(=O)CCN2CCc3sccc3[C@H]2c2cccc(F)c2)CC1. The Bertz CT molecular complexity index is 955. The fraction of sp³-hybridized carbons (Fsp3) is 0.538. The van der Waals surface area contributed by atoms with Crippen molar-refractivity contribution in [1.29, 1.82) is 0 Å². The molecule has 0 N–H and O–H groups in total. The van der Waals surface area contributed by atoms with Gasteiger partial charge in [-0.1, -0.05) is 31.9 Å². The van der Waals surface area contributed by atoms with E-state index in [1.807, 2.05) is 15.9 Å². The Kier molecular flexibility index (Phi) is 8.15. The van der Waals surface area contributed by atoms with E-state index in [1.165, 1.54) is 16.5 Å². The van der Waals surface area contributed by atoms with Crippen LogP contribution in [0.25, 0.3) is 0 Å². The highest BCUT2D eigenvalue weighted by molar-refractivity contribution is 7.10. The molecule has 0 unspecified atom stereocenters. The highest BCUT2D eigenvalue weighted by atomic mass is 32.1. The van der Waals surface area contributed by atoms with E-state index >= 15 is 0 Å². The quantitative estimate of drug-likeness (QED) is 0.534. The minimum atomic E-state index is -0.229. The van der Waals surface area contributed by atoms with Gasteiger partial charge >= 0.3 is 0 Å². The van der Waals surface area contributed by atoms with E-state index in [9.17, 15) is 14.0 Å². The van der Waals surface area contributed by atoms with Gasteiger partial charge < -0.3 is 9.80 Å². The molecule has 0 aliphatic carbocycles. The van der Waals surface area contributed by atoms with Gasteiger partial charge in [-0.25, -0.2) is 4.39 Å². The van der Waals surface area contributed by atoms with E-state index in [2.05, 4.69) is 23.3 Å². The molecular formula is C26H34FN3O2S. The maximum atomic E-state index is 14.0. The summed E-state index contributed by atoms with van der Waals surface area (Å²) in [6.07, 6.45) is 5.16. The number of nitrogens with zero attached hydrogens (tertiary/aromatic N) is 3. The van der Waals surface area contributed by atoms with Crippen LogP contribution in [-0.2, 0) is 16.0 Å². The Hall–Kier alpha value is -2.25. The summed E-state index contributed by atoms with van der Waals surface area (Å²) in [5, 5.41) is 2.11. The summed E-state index contributed by atoms with van der Waals surface area (Å²) in [6.45, 7) is 6.13. The number of piperazine rings is 1. The first-order valence-corrected chi connectivity index (χ1v) is 13.1. The molecule has 0 saturated carbocycles. The van der Waals surface area contributed by atoms with Gasteiger partial charge in [0, 0.05) is 57.0 Å². The molecule has 1 atom stereocenters. The van der Waals surface area contributed by atoms with Gasteiger partial charge in [-0.05, 0) is 47.5 Å². The van der Waals surface area contributed by atoms with Gasteiger partial charge in [0.2, 0.25) is 11.8 Å². The molecule has 1 aromatic heterocycles. The van der Waals surface area contributed by atoms with Crippen LogP contribution in [0.5, 0.6) is 0 Å². The number of hydrogen-bond donors (Lipinski definition) is 0. The van der Waals surface area contributed by atoms with Gasteiger partial charge in [-0.15, -0.1) is 11.3 Å². The zero-order valence-corrected chi connectivity index (χ0v) is 20.3. The first-order chi connectivity index (χ1) is 16.1. The van der Waals surface area contributed by atoms with Crippen LogP contribution >= 0.6 is 11.3 Å². The third-order valence-electron chi connectivity index (χ3n) is 6.82. The summed E-state index contributed by atoms with van der Waals surface area (Å²) >= 11 is 1.76. The van der Waals surface area contributed by atoms with Crippen molar-refractivity contribution >= 4 is 23.2 Å². The number of carbonyl (C=O) groups is 2. The molecule has 5 nitrogen and oxygen atoms in total. The molecule has 2 aliphatic heterocycles. The maximum Gasteiger partial charge on any atom is 0.223 e. The second-order valence-electron chi connectivity index (χ2n) is 9.01. The second-order valence-corrected chi connectivity index (χ2v) is 10.0. The summed E-state index contributed by atoms with van der Waals surface area (Å²) in [5.74, 6) is 0.128. The number of unbranched alkanes of at least 4 members (excludes halogenated alkanes) is 2. The minimum Gasteiger partial charge on any atom is -0.339 e. The lowest BCUT2D eigenvalue weighted by Crippen LogP contribution is -2.51. The summed E-state index contributed by atoms with van der Waals surface area (Å²) in [7, 11) is 0. The Labute approximate surface area is 200 Å². The van der Waals surface area contributed by atoms with Gasteiger partial charge in [0.25, 0.3) is 0 Å². The normalized spacial score (nSPS) is 18.9. The number of hydrogen-bond acceptors (Lipinski definition) is 4. The molecule has 33 heavy (non-hydrogen) atoms. The summed E-state index contributed by atoms with van der Waals surface area (Å²) in [5.41, 5.74) is 2.18. The van der Waals surface area contributed by atoms with Crippen LogP contribution in [0.1, 0.15) is 61.1 Å². The lowest BCUT2D eigenvalue weighted by Gasteiger charge is -2.38. The molecule has 1 aromatic carbocycles. The highest BCUT2D eigenvalue weighted by Gasteiger charge is 2.31. The number of thiophene rings is 1. The van der Waals surface area contributed by atoms with Crippen molar-refractivity contribution in [3.8, 4) is 0 Å². The number of rotatable bonds is 8. The first kappa shape index (κ1) is 23.9. The molecule has 0 spiro atoms. The standard InChI is InChI=1S/C26H34FN3O2S/c1-2-3-4-8-24(31)28-14-16-29(17-15-28)25(32)10-13-30-12-9-23-22(11-18-33-23)26(30)20-6-5-7-21(27)19-20/h5-7,11,18-19,26H,2-4,8-10,12-17H2,1H3/t26-/m1/s1. The number of benzene rings is 1. The number of fused-ring (bicyclic) bond motifs is 1. The van der Waals surface area contributed by atoms with E-state index in [0.29, 0.717) is 45.6 Å². The smallest absolute Gasteiger partial charge is 0.223 e. The zero-order valence-electron chi connectivity index (χ0n) is 19.5. The van der Waals surface area contributed by atoms with Crippen molar-refractivity contribution in [3.05, 3.63) is 57.5 Å². The molecule has 0 bridgehead atoms. The van der Waals surface area contributed by atoms with Crippen LogP contribution in [0.3, 0.4) is 0 Å². The van der Waals surface area contributed by atoms with Crippen molar-refractivity contribution < 1.29 is 14.0 Å². The van der Waals surface area contributed by atoms with Crippen molar-refractivity contribution in [2.45, 2.75) is 51.5 Å². The minimum absolute atomic E-state index is 0.0129. The van der Waals surface area contributed by atoms with E-state index in [0.717, 1.165) is 37.8 Å². The van der Waals surface area contributed by atoms with E-state index in [4.69, 9.17) is 0 Å². The summed E-state index contributed by atoms with van der Waals surface area (Å²) < 4.78 is 14.0. The molecular weight excluding hydrogens is 437 g/mol. The fourth-order valence-corrected chi connectivity index (χ4v) is 5.87. The third-order valence-corrected chi connectivity index (χ3v) is 7.82. The zero-order chi connectivity index (χ0) is 23.2. The van der Waals surface area contributed by atoms with Crippen LogP contribution in [0.15, 0.2) is 35.7 Å². The Balaban J connectivity index is 1.33. The van der Waals surface area contributed by atoms with Gasteiger partial charge in [0.15, 0.2) is 0 Å². The van der Waals surface area contributed by atoms with E-state index in [-0.39, 0.29) is 23.7 Å². The van der Waals surface area contributed by atoms with Crippen molar-refractivity contribution in [2.24, 2.45) is 0 Å². The van der Waals surface area contributed by atoms with E-state index < -0.39 is 0 Å². The van der Waals surface area contributed by atoms with Gasteiger partial charge in [0.05, 0.1) is 6.04 Å². The first-order valence-electron chi connectivity index (χ1n) is 12.2.